The summed E-state index contributed by atoms with van der Waals surface area (Å²) in [6.45, 7) is 12.9. The number of rotatable bonds is 3. The van der Waals surface area contributed by atoms with Gasteiger partial charge in [-0.15, -0.1) is 0 Å². The first kappa shape index (κ1) is 19.8. The molecule has 0 unspecified atom stereocenters. The molecular formula is C19H27N5O2. The molecule has 0 saturated heterocycles. The Hall–Kier alpha value is -2.53. The molecule has 0 spiro atoms. The fraction of sp³-hybridized carbons (Fsp3) is 0.579. The molecule has 140 valence electrons. The molecule has 0 fully saturated rings. The van der Waals surface area contributed by atoms with E-state index in [1.165, 1.54) is 0 Å². The number of anilines is 2. The van der Waals surface area contributed by atoms with Crippen molar-refractivity contribution >= 4 is 23.2 Å². The fourth-order valence-electron chi connectivity index (χ4n) is 2.98. The zero-order valence-corrected chi connectivity index (χ0v) is 16.4. The Morgan fingerprint density at radius 2 is 1.31 bits per heavy atom. The number of carbonyl (C=O) groups is 2. The Morgan fingerprint density at radius 1 is 0.923 bits per heavy atom. The van der Waals surface area contributed by atoms with Gasteiger partial charge in [-0.2, -0.15) is 0 Å². The molecule has 1 aliphatic rings. The zero-order chi connectivity index (χ0) is 19.7. The molecule has 26 heavy (non-hydrogen) atoms. The van der Waals surface area contributed by atoms with Crippen molar-refractivity contribution in [2.24, 2.45) is 15.9 Å². The van der Waals surface area contributed by atoms with Crippen LogP contribution in [0.2, 0.25) is 0 Å². The smallest absolute Gasteiger partial charge is 0.245 e. The first-order chi connectivity index (χ1) is 11.9. The number of carbonyl (C=O) groups excluding carboxylic acids is 2. The maximum absolute atomic E-state index is 13.1. The second-order valence-corrected chi connectivity index (χ2v) is 9.07. The van der Waals surface area contributed by atoms with Crippen LogP contribution in [0.5, 0.6) is 0 Å². The number of azide groups is 1. The van der Waals surface area contributed by atoms with Crippen molar-refractivity contribution < 1.29 is 9.59 Å². The van der Waals surface area contributed by atoms with Crippen LogP contribution in [0.1, 0.15) is 41.5 Å². The maximum Gasteiger partial charge on any atom is 0.245 e. The topological polar surface area (TPSA) is 89.4 Å². The number of fused-ring (bicyclic) bond motifs is 1. The van der Waals surface area contributed by atoms with Gasteiger partial charge < -0.3 is 9.80 Å². The summed E-state index contributed by atoms with van der Waals surface area (Å²) < 4.78 is 0. The van der Waals surface area contributed by atoms with E-state index in [9.17, 15) is 9.59 Å². The highest BCUT2D eigenvalue weighted by Crippen LogP contribution is 2.37. The van der Waals surface area contributed by atoms with E-state index >= 15 is 0 Å². The predicted molar refractivity (Wildman–Crippen MR) is 103 cm³/mol. The van der Waals surface area contributed by atoms with Crippen molar-refractivity contribution in [2.75, 3.05) is 22.9 Å². The summed E-state index contributed by atoms with van der Waals surface area (Å²) in [5.41, 5.74) is 9.87. The van der Waals surface area contributed by atoms with Crippen LogP contribution in [0.4, 0.5) is 11.4 Å². The quantitative estimate of drug-likeness (QED) is 0.352. The van der Waals surface area contributed by atoms with Crippen LogP contribution in [-0.2, 0) is 9.59 Å². The number of para-hydroxylation sites is 2. The summed E-state index contributed by atoms with van der Waals surface area (Å²) >= 11 is 0. The molecule has 0 saturated carbocycles. The van der Waals surface area contributed by atoms with Crippen molar-refractivity contribution in [1.82, 2.24) is 0 Å². The van der Waals surface area contributed by atoms with Gasteiger partial charge in [0.15, 0.2) is 6.04 Å². The third kappa shape index (κ3) is 4.35. The SMILES string of the molecule is CC(C)(C)CN1C(=O)C(N=[N+]=[N-])C(=O)N(CC(C)(C)C)c2ccccc21. The Morgan fingerprint density at radius 3 is 1.62 bits per heavy atom. The average molecular weight is 357 g/mol. The average Bonchev–Trinajstić information content (AvgIpc) is 2.58. The van der Waals surface area contributed by atoms with Gasteiger partial charge >= 0.3 is 0 Å². The van der Waals surface area contributed by atoms with Gasteiger partial charge in [-0.25, -0.2) is 0 Å². The van der Waals surface area contributed by atoms with Gasteiger partial charge in [0.25, 0.3) is 0 Å². The molecule has 7 heteroatoms. The summed E-state index contributed by atoms with van der Waals surface area (Å²) in [6, 6.07) is 5.96. The van der Waals surface area contributed by atoms with Crippen LogP contribution in [0.3, 0.4) is 0 Å². The first-order valence-corrected chi connectivity index (χ1v) is 8.71. The van der Waals surface area contributed by atoms with Crippen LogP contribution in [0.15, 0.2) is 29.4 Å². The standard InChI is InChI=1S/C19H27N5O2/c1-18(2,3)11-23-13-9-7-8-10-14(13)24(12-19(4,5)6)17(26)15(16(23)25)21-22-20/h7-10,15H,11-12H2,1-6H3. The Kier molecular flexibility index (Phi) is 5.33. The van der Waals surface area contributed by atoms with Crippen molar-refractivity contribution in [3.63, 3.8) is 0 Å². The Bertz CT molecular complexity index is 699. The molecular weight excluding hydrogens is 330 g/mol. The van der Waals surface area contributed by atoms with Crippen molar-refractivity contribution in [1.29, 1.82) is 0 Å². The molecule has 2 rings (SSSR count). The summed E-state index contributed by atoms with van der Waals surface area (Å²) in [4.78, 5) is 32.1. The molecule has 0 aliphatic carbocycles. The molecule has 1 aliphatic heterocycles. The van der Waals surface area contributed by atoms with Crippen LogP contribution < -0.4 is 9.80 Å². The van der Waals surface area contributed by atoms with Crippen LogP contribution >= 0.6 is 0 Å². The van der Waals surface area contributed by atoms with E-state index in [1.54, 1.807) is 9.80 Å². The second-order valence-electron chi connectivity index (χ2n) is 9.07. The predicted octanol–water partition coefficient (Wildman–Crippen LogP) is 4.14. The minimum Gasteiger partial charge on any atom is -0.309 e. The number of hydrogen-bond donors (Lipinski definition) is 0. The van der Waals surface area contributed by atoms with E-state index in [1.807, 2.05) is 65.8 Å². The second kappa shape index (κ2) is 7.00. The third-order valence-corrected chi connectivity index (χ3v) is 3.90. The highest BCUT2D eigenvalue weighted by atomic mass is 16.2. The van der Waals surface area contributed by atoms with Gasteiger partial charge in [0.2, 0.25) is 11.8 Å². The van der Waals surface area contributed by atoms with Gasteiger partial charge in [0.05, 0.1) is 11.4 Å². The van der Waals surface area contributed by atoms with Crippen molar-refractivity contribution in [2.45, 2.75) is 47.6 Å². The molecule has 1 aromatic carbocycles. The molecule has 7 nitrogen and oxygen atoms in total. The summed E-state index contributed by atoms with van der Waals surface area (Å²) in [5.74, 6) is -0.960. The number of hydrogen-bond acceptors (Lipinski definition) is 3. The largest absolute Gasteiger partial charge is 0.309 e. The van der Waals surface area contributed by atoms with Crippen LogP contribution in [0.25, 0.3) is 10.4 Å². The summed E-state index contributed by atoms with van der Waals surface area (Å²) in [5, 5.41) is 3.55. The van der Waals surface area contributed by atoms with Gasteiger partial charge in [-0.1, -0.05) is 58.8 Å². The molecule has 0 bridgehead atoms. The van der Waals surface area contributed by atoms with Gasteiger partial charge in [0.1, 0.15) is 0 Å². The van der Waals surface area contributed by atoms with E-state index in [2.05, 4.69) is 10.0 Å². The molecule has 1 heterocycles. The highest BCUT2D eigenvalue weighted by molar-refractivity contribution is 6.20. The number of nitrogens with zero attached hydrogens (tertiary/aromatic N) is 5. The maximum atomic E-state index is 13.1. The molecule has 2 amide bonds. The molecule has 0 N–H and O–H groups in total. The molecule has 0 radical (unpaired) electrons. The van der Waals surface area contributed by atoms with E-state index < -0.39 is 17.9 Å². The molecule has 1 aromatic rings. The van der Waals surface area contributed by atoms with E-state index in [-0.39, 0.29) is 10.8 Å². The summed E-state index contributed by atoms with van der Waals surface area (Å²) in [7, 11) is 0. The van der Waals surface area contributed by atoms with E-state index in [4.69, 9.17) is 5.53 Å². The first-order valence-electron chi connectivity index (χ1n) is 8.71. The fourth-order valence-corrected chi connectivity index (χ4v) is 2.98. The molecule has 0 atom stereocenters. The van der Waals surface area contributed by atoms with Crippen molar-refractivity contribution in [3.8, 4) is 0 Å². The number of benzene rings is 1. The van der Waals surface area contributed by atoms with Gasteiger partial charge in [0, 0.05) is 18.0 Å². The van der Waals surface area contributed by atoms with E-state index in [0.717, 1.165) is 0 Å². The lowest BCUT2D eigenvalue weighted by Crippen LogP contribution is -2.48. The lowest BCUT2D eigenvalue weighted by atomic mass is 9.95. The minimum absolute atomic E-state index is 0.189. The third-order valence-electron chi connectivity index (χ3n) is 3.90. The van der Waals surface area contributed by atoms with Crippen molar-refractivity contribution in [3.05, 3.63) is 34.7 Å². The molecule has 0 aromatic heterocycles. The lowest BCUT2D eigenvalue weighted by molar-refractivity contribution is -0.128. The highest BCUT2D eigenvalue weighted by Gasteiger charge is 2.41. The normalized spacial score (nSPS) is 16.2. The zero-order valence-electron chi connectivity index (χ0n) is 16.4. The van der Waals surface area contributed by atoms with E-state index in [0.29, 0.717) is 24.5 Å². The minimum atomic E-state index is -1.39. The number of amides is 2. The van der Waals surface area contributed by atoms with Gasteiger partial charge in [-0.05, 0) is 28.5 Å². The van der Waals surface area contributed by atoms with Crippen LogP contribution in [-0.4, -0.2) is 30.9 Å². The van der Waals surface area contributed by atoms with Gasteiger partial charge in [-0.3, -0.25) is 9.59 Å². The van der Waals surface area contributed by atoms with Crippen LogP contribution in [0, 0.1) is 10.8 Å². The monoisotopic (exact) mass is 357 g/mol. The Balaban J connectivity index is 2.68. The summed E-state index contributed by atoms with van der Waals surface area (Å²) in [6.07, 6.45) is 0. The Labute approximate surface area is 154 Å². The lowest BCUT2D eigenvalue weighted by Gasteiger charge is -2.32.